The first kappa shape index (κ1) is 12.1. The van der Waals surface area contributed by atoms with Crippen molar-refractivity contribution in [2.45, 2.75) is 6.42 Å². The van der Waals surface area contributed by atoms with E-state index in [1.165, 1.54) is 6.20 Å². The number of aromatic carboxylic acids is 1. The van der Waals surface area contributed by atoms with E-state index in [2.05, 4.69) is 16.7 Å². The molecular weight excluding hydrogens is 234 g/mol. The zero-order chi connectivity index (χ0) is 13.1. The molecule has 2 heterocycles. The summed E-state index contributed by atoms with van der Waals surface area (Å²) in [6.07, 6.45) is 5.19. The largest absolute Gasteiger partial charge is 0.491 e. The van der Waals surface area contributed by atoms with Crippen molar-refractivity contribution in [2.24, 2.45) is 7.05 Å². The number of fused-ring (bicyclic) bond motifs is 1. The third-order valence-electron chi connectivity index (χ3n) is 2.51. The van der Waals surface area contributed by atoms with Crippen molar-refractivity contribution in [3.05, 3.63) is 30.6 Å². The molecule has 0 saturated carbocycles. The lowest BCUT2D eigenvalue weighted by atomic mass is 10.2. The summed E-state index contributed by atoms with van der Waals surface area (Å²) in [4.78, 5) is 15.2. The van der Waals surface area contributed by atoms with Crippen molar-refractivity contribution in [3.63, 3.8) is 0 Å². The summed E-state index contributed by atoms with van der Waals surface area (Å²) in [5.41, 5.74) is 0.633. The number of ether oxygens (including phenoxy) is 1. The number of hydrogen-bond acceptors (Lipinski definition) is 4. The van der Waals surface area contributed by atoms with Crippen molar-refractivity contribution >= 4 is 17.0 Å². The molecule has 0 aromatic carbocycles. The number of pyridine rings is 1. The van der Waals surface area contributed by atoms with Crippen molar-refractivity contribution in [3.8, 4) is 5.75 Å². The van der Waals surface area contributed by atoms with Gasteiger partial charge in [0.25, 0.3) is 0 Å². The van der Waals surface area contributed by atoms with E-state index in [0.29, 0.717) is 29.8 Å². The van der Waals surface area contributed by atoms with Crippen molar-refractivity contribution < 1.29 is 14.6 Å². The molecule has 2 aromatic rings. The van der Waals surface area contributed by atoms with Crippen LogP contribution in [0.15, 0.2) is 25.0 Å². The van der Waals surface area contributed by atoms with Crippen molar-refractivity contribution in [1.29, 1.82) is 0 Å². The minimum atomic E-state index is -1.07. The van der Waals surface area contributed by atoms with Crippen LogP contribution in [-0.4, -0.2) is 32.4 Å². The first-order valence-electron chi connectivity index (χ1n) is 5.43. The predicted molar refractivity (Wildman–Crippen MR) is 65.8 cm³/mol. The maximum Gasteiger partial charge on any atom is 0.341 e. The minimum Gasteiger partial charge on any atom is -0.491 e. The zero-order valence-corrected chi connectivity index (χ0v) is 9.96. The van der Waals surface area contributed by atoms with Gasteiger partial charge in [-0.1, -0.05) is 6.08 Å². The summed E-state index contributed by atoms with van der Waals surface area (Å²) in [6.45, 7) is 3.96. The fraction of sp³-hybridized carbons (Fsp3) is 0.250. The molecule has 0 radical (unpaired) electrons. The Kier molecular flexibility index (Phi) is 3.27. The van der Waals surface area contributed by atoms with Gasteiger partial charge in [-0.2, -0.15) is 5.10 Å². The van der Waals surface area contributed by atoms with Gasteiger partial charge in [-0.15, -0.1) is 6.58 Å². The molecule has 94 valence electrons. The SMILES string of the molecule is C=CCCOc1c(C(=O)O)cnc2c1cnn2C. The molecule has 0 aliphatic heterocycles. The molecule has 6 nitrogen and oxygen atoms in total. The maximum absolute atomic E-state index is 11.1. The topological polar surface area (TPSA) is 77.2 Å². The number of aromatic nitrogens is 3. The highest BCUT2D eigenvalue weighted by atomic mass is 16.5. The average molecular weight is 247 g/mol. The van der Waals surface area contributed by atoms with E-state index in [9.17, 15) is 4.79 Å². The molecule has 0 unspecified atom stereocenters. The summed E-state index contributed by atoms with van der Waals surface area (Å²) in [5, 5.41) is 13.8. The molecule has 0 aliphatic carbocycles. The van der Waals surface area contributed by atoms with Gasteiger partial charge >= 0.3 is 5.97 Å². The molecule has 18 heavy (non-hydrogen) atoms. The molecule has 0 bridgehead atoms. The molecule has 6 heteroatoms. The minimum absolute atomic E-state index is 0.0413. The van der Waals surface area contributed by atoms with E-state index in [4.69, 9.17) is 9.84 Å². The Labute approximate surface area is 104 Å². The summed E-state index contributed by atoms with van der Waals surface area (Å²) in [6, 6.07) is 0. The summed E-state index contributed by atoms with van der Waals surface area (Å²) in [5.74, 6) is -0.760. The van der Waals surface area contributed by atoms with Gasteiger partial charge in [0.1, 0.15) is 11.3 Å². The van der Waals surface area contributed by atoms with Crippen LogP contribution in [0.1, 0.15) is 16.8 Å². The maximum atomic E-state index is 11.1. The predicted octanol–water partition coefficient (Wildman–Crippen LogP) is 1.62. The van der Waals surface area contributed by atoms with Crippen LogP contribution in [-0.2, 0) is 7.05 Å². The standard InChI is InChI=1S/C12H13N3O3/c1-3-4-5-18-10-8-7-14-15(2)11(8)13-6-9(10)12(16)17/h3,6-7H,1,4-5H2,2H3,(H,16,17). The second-order valence-corrected chi connectivity index (χ2v) is 3.74. The highest BCUT2D eigenvalue weighted by Crippen LogP contribution is 2.28. The van der Waals surface area contributed by atoms with E-state index in [-0.39, 0.29) is 5.56 Å². The third-order valence-corrected chi connectivity index (χ3v) is 2.51. The number of rotatable bonds is 5. The molecule has 0 spiro atoms. The Bertz CT molecular complexity index is 604. The van der Waals surface area contributed by atoms with Gasteiger partial charge in [0, 0.05) is 13.2 Å². The molecular formula is C12H13N3O3. The molecule has 2 aromatic heterocycles. The molecule has 0 aliphatic rings. The van der Waals surface area contributed by atoms with Crippen molar-refractivity contribution in [1.82, 2.24) is 14.8 Å². The van der Waals surface area contributed by atoms with Gasteiger partial charge in [-0.05, 0) is 6.42 Å². The number of carbonyl (C=O) groups is 1. The van der Waals surface area contributed by atoms with Crippen LogP contribution in [0.2, 0.25) is 0 Å². The van der Waals surface area contributed by atoms with E-state index >= 15 is 0 Å². The van der Waals surface area contributed by atoms with Crippen LogP contribution in [0.5, 0.6) is 5.75 Å². The Morgan fingerprint density at radius 2 is 2.39 bits per heavy atom. The molecule has 0 amide bonds. The highest BCUT2D eigenvalue weighted by molar-refractivity contribution is 5.97. The number of hydrogen-bond donors (Lipinski definition) is 1. The van der Waals surface area contributed by atoms with Gasteiger partial charge in [0.15, 0.2) is 5.65 Å². The van der Waals surface area contributed by atoms with Gasteiger partial charge in [0.05, 0.1) is 18.2 Å². The number of nitrogens with zero attached hydrogens (tertiary/aromatic N) is 3. The second-order valence-electron chi connectivity index (χ2n) is 3.74. The van der Waals surface area contributed by atoms with E-state index in [0.717, 1.165) is 0 Å². The highest BCUT2D eigenvalue weighted by Gasteiger charge is 2.17. The van der Waals surface area contributed by atoms with E-state index in [1.807, 2.05) is 0 Å². The lowest BCUT2D eigenvalue weighted by molar-refractivity contribution is 0.0692. The Morgan fingerprint density at radius 3 is 3.06 bits per heavy atom. The van der Waals surface area contributed by atoms with Gasteiger partial charge in [0.2, 0.25) is 0 Å². The van der Waals surface area contributed by atoms with Gasteiger partial charge in [-0.25, -0.2) is 9.78 Å². The third kappa shape index (κ3) is 2.04. The summed E-state index contributed by atoms with van der Waals surface area (Å²) in [7, 11) is 1.74. The van der Waals surface area contributed by atoms with Crippen LogP contribution < -0.4 is 4.74 Å². The summed E-state index contributed by atoms with van der Waals surface area (Å²) >= 11 is 0. The van der Waals surface area contributed by atoms with Crippen LogP contribution in [0.4, 0.5) is 0 Å². The lowest BCUT2D eigenvalue weighted by Crippen LogP contribution is -2.06. The Hall–Kier alpha value is -2.37. The van der Waals surface area contributed by atoms with Crippen LogP contribution in [0, 0.1) is 0 Å². The fourth-order valence-electron chi connectivity index (χ4n) is 1.63. The van der Waals surface area contributed by atoms with Gasteiger partial charge in [-0.3, -0.25) is 4.68 Å². The quantitative estimate of drug-likeness (QED) is 0.641. The smallest absolute Gasteiger partial charge is 0.341 e. The summed E-state index contributed by atoms with van der Waals surface area (Å²) < 4.78 is 7.09. The Morgan fingerprint density at radius 1 is 1.61 bits per heavy atom. The molecule has 0 fully saturated rings. The van der Waals surface area contributed by atoms with Crippen LogP contribution in [0.25, 0.3) is 11.0 Å². The first-order valence-corrected chi connectivity index (χ1v) is 5.43. The average Bonchev–Trinajstić information content (AvgIpc) is 2.72. The molecule has 0 atom stereocenters. The van der Waals surface area contributed by atoms with E-state index in [1.54, 1.807) is 24.0 Å². The first-order chi connectivity index (χ1) is 8.65. The lowest BCUT2D eigenvalue weighted by Gasteiger charge is -2.08. The van der Waals surface area contributed by atoms with Crippen LogP contribution >= 0.6 is 0 Å². The number of aryl methyl sites for hydroxylation is 1. The van der Waals surface area contributed by atoms with Gasteiger partial charge < -0.3 is 9.84 Å². The van der Waals surface area contributed by atoms with Crippen LogP contribution in [0.3, 0.4) is 0 Å². The fourth-order valence-corrected chi connectivity index (χ4v) is 1.63. The molecule has 0 saturated heterocycles. The number of carboxylic acids is 1. The normalized spacial score (nSPS) is 10.5. The second kappa shape index (κ2) is 4.87. The van der Waals surface area contributed by atoms with Crippen molar-refractivity contribution in [2.75, 3.05) is 6.61 Å². The zero-order valence-electron chi connectivity index (χ0n) is 9.96. The van der Waals surface area contributed by atoms with E-state index < -0.39 is 5.97 Å². The Balaban J connectivity index is 2.51. The molecule has 1 N–H and O–H groups in total. The molecule has 2 rings (SSSR count). The monoisotopic (exact) mass is 247 g/mol. The number of carboxylic acid groups (broad SMARTS) is 1.